The van der Waals surface area contributed by atoms with Crippen LogP contribution in [0.2, 0.25) is 0 Å². The van der Waals surface area contributed by atoms with Crippen molar-refractivity contribution in [2.45, 2.75) is 25.0 Å². The van der Waals surface area contributed by atoms with Crippen molar-refractivity contribution in [3.05, 3.63) is 39.9 Å². The fraction of sp³-hybridized carbons (Fsp3) is 0.385. The minimum atomic E-state index is -1.28. The highest BCUT2D eigenvalue weighted by atomic mass is 16.6. The molecule has 120 valence electrons. The number of amides is 1. The number of rotatable bonds is 8. The third kappa shape index (κ3) is 5.11. The smallest absolute Gasteiger partial charge is 0.303 e. The standard InChI is InChI=1S/C13H16N2O7/c16-7-10(14-11(17)5-6-12(18)19)13(20)8-1-3-9(4-2-8)15(21)22/h1-4,10,13,16,20H,5-7H2,(H,14,17)(H,18,19)/t10-,13-/m1/s1. The van der Waals surface area contributed by atoms with Crippen LogP contribution in [0.15, 0.2) is 24.3 Å². The largest absolute Gasteiger partial charge is 0.481 e. The Labute approximate surface area is 125 Å². The van der Waals surface area contributed by atoms with Crippen LogP contribution in [-0.2, 0) is 9.59 Å². The second kappa shape index (κ2) is 8.05. The van der Waals surface area contributed by atoms with Crippen molar-refractivity contribution in [2.24, 2.45) is 0 Å². The normalized spacial score (nSPS) is 13.2. The van der Waals surface area contributed by atoms with E-state index in [9.17, 15) is 29.9 Å². The van der Waals surface area contributed by atoms with Crippen LogP contribution in [0.5, 0.6) is 0 Å². The van der Waals surface area contributed by atoms with E-state index in [-0.39, 0.29) is 24.1 Å². The minimum Gasteiger partial charge on any atom is -0.481 e. The number of benzene rings is 1. The maximum Gasteiger partial charge on any atom is 0.303 e. The Morgan fingerprint density at radius 1 is 1.23 bits per heavy atom. The number of non-ortho nitro benzene ring substituents is 1. The van der Waals surface area contributed by atoms with Gasteiger partial charge in [0.15, 0.2) is 0 Å². The van der Waals surface area contributed by atoms with Crippen LogP contribution < -0.4 is 5.32 Å². The van der Waals surface area contributed by atoms with Crippen molar-refractivity contribution in [3.63, 3.8) is 0 Å². The van der Waals surface area contributed by atoms with Gasteiger partial charge < -0.3 is 20.6 Å². The van der Waals surface area contributed by atoms with E-state index >= 15 is 0 Å². The number of hydrogen-bond acceptors (Lipinski definition) is 6. The first kappa shape index (κ1) is 17.5. The zero-order valence-electron chi connectivity index (χ0n) is 11.5. The molecule has 9 heteroatoms. The SMILES string of the molecule is O=C(O)CCC(=O)N[C@H](CO)[C@H](O)c1ccc([N+](=O)[O-])cc1. The van der Waals surface area contributed by atoms with Crippen molar-refractivity contribution >= 4 is 17.6 Å². The van der Waals surface area contributed by atoms with E-state index in [0.29, 0.717) is 0 Å². The lowest BCUT2D eigenvalue weighted by atomic mass is 10.0. The summed E-state index contributed by atoms with van der Waals surface area (Å²) in [5, 5.41) is 40.6. The molecule has 0 fully saturated rings. The lowest BCUT2D eigenvalue weighted by Crippen LogP contribution is -2.42. The number of nitrogens with one attached hydrogen (secondary N) is 1. The third-order valence-corrected chi connectivity index (χ3v) is 2.94. The van der Waals surface area contributed by atoms with Crippen LogP contribution in [0.3, 0.4) is 0 Å². The molecule has 0 saturated heterocycles. The average Bonchev–Trinajstić information content (AvgIpc) is 2.50. The molecule has 0 unspecified atom stereocenters. The molecule has 2 atom stereocenters. The molecule has 0 spiro atoms. The zero-order valence-corrected chi connectivity index (χ0v) is 11.5. The van der Waals surface area contributed by atoms with Crippen molar-refractivity contribution < 1.29 is 29.8 Å². The number of nitro benzene ring substituents is 1. The monoisotopic (exact) mass is 312 g/mol. The number of nitro groups is 1. The van der Waals surface area contributed by atoms with E-state index in [0.717, 1.165) is 0 Å². The topological polar surface area (TPSA) is 150 Å². The number of carbonyl (C=O) groups is 2. The summed E-state index contributed by atoms with van der Waals surface area (Å²) in [6.45, 7) is -0.572. The first-order valence-electron chi connectivity index (χ1n) is 6.39. The maximum atomic E-state index is 11.5. The molecular weight excluding hydrogens is 296 g/mol. The van der Waals surface area contributed by atoms with Crippen molar-refractivity contribution in [1.29, 1.82) is 0 Å². The van der Waals surface area contributed by atoms with Crippen LogP contribution in [0.4, 0.5) is 5.69 Å². The molecule has 4 N–H and O–H groups in total. The predicted molar refractivity (Wildman–Crippen MR) is 73.9 cm³/mol. The summed E-state index contributed by atoms with van der Waals surface area (Å²) in [6.07, 6.45) is -1.92. The lowest BCUT2D eigenvalue weighted by Gasteiger charge is -2.22. The van der Waals surface area contributed by atoms with Gasteiger partial charge in [0.2, 0.25) is 5.91 Å². The second-order valence-electron chi connectivity index (χ2n) is 4.54. The summed E-state index contributed by atoms with van der Waals surface area (Å²) in [6, 6.07) is 3.98. The molecule has 1 amide bonds. The average molecular weight is 312 g/mol. The highest BCUT2D eigenvalue weighted by Gasteiger charge is 2.23. The summed E-state index contributed by atoms with van der Waals surface area (Å²) in [5.41, 5.74) is 0.130. The molecule has 1 aromatic carbocycles. The number of aliphatic hydroxyl groups is 2. The molecule has 0 saturated carbocycles. The number of carboxylic acids is 1. The van der Waals surface area contributed by atoms with Crippen LogP contribution in [-0.4, -0.2) is 44.8 Å². The van der Waals surface area contributed by atoms with Crippen LogP contribution in [0, 0.1) is 10.1 Å². The van der Waals surface area contributed by atoms with E-state index in [1.165, 1.54) is 24.3 Å². The highest BCUT2D eigenvalue weighted by molar-refractivity contribution is 5.80. The van der Waals surface area contributed by atoms with E-state index in [2.05, 4.69) is 5.32 Å². The van der Waals surface area contributed by atoms with E-state index in [1.54, 1.807) is 0 Å². The number of carbonyl (C=O) groups excluding carboxylic acids is 1. The molecule has 0 aliphatic carbocycles. The second-order valence-corrected chi connectivity index (χ2v) is 4.54. The van der Waals surface area contributed by atoms with Crippen molar-refractivity contribution in [3.8, 4) is 0 Å². The minimum absolute atomic E-state index is 0.151. The molecule has 0 heterocycles. The number of nitrogens with zero attached hydrogens (tertiary/aromatic N) is 1. The summed E-state index contributed by atoms with van der Waals surface area (Å²) in [7, 11) is 0. The van der Waals surface area contributed by atoms with Crippen LogP contribution in [0.25, 0.3) is 0 Å². The maximum absolute atomic E-state index is 11.5. The van der Waals surface area contributed by atoms with Gasteiger partial charge in [-0.05, 0) is 17.7 Å². The molecule has 0 aromatic heterocycles. The highest BCUT2D eigenvalue weighted by Crippen LogP contribution is 2.20. The molecule has 9 nitrogen and oxygen atoms in total. The van der Waals surface area contributed by atoms with Gasteiger partial charge in [0.1, 0.15) is 6.10 Å². The number of aliphatic hydroxyl groups excluding tert-OH is 2. The number of carboxylic acid groups (broad SMARTS) is 1. The van der Waals surface area contributed by atoms with Crippen molar-refractivity contribution in [1.82, 2.24) is 5.32 Å². The van der Waals surface area contributed by atoms with Gasteiger partial charge in [-0.3, -0.25) is 19.7 Å². The van der Waals surface area contributed by atoms with Gasteiger partial charge in [-0.1, -0.05) is 0 Å². The Hall–Kier alpha value is -2.52. The Morgan fingerprint density at radius 2 is 1.82 bits per heavy atom. The quantitative estimate of drug-likeness (QED) is 0.389. The fourth-order valence-corrected chi connectivity index (χ4v) is 1.75. The summed E-state index contributed by atoms with van der Waals surface area (Å²) in [5.74, 6) is -1.76. The molecule has 1 aromatic rings. The molecular formula is C13H16N2O7. The molecule has 0 aliphatic rings. The van der Waals surface area contributed by atoms with Gasteiger partial charge in [0.25, 0.3) is 5.69 Å². The van der Waals surface area contributed by atoms with Gasteiger partial charge in [-0.15, -0.1) is 0 Å². The molecule has 22 heavy (non-hydrogen) atoms. The summed E-state index contributed by atoms with van der Waals surface area (Å²) in [4.78, 5) is 31.8. The fourth-order valence-electron chi connectivity index (χ4n) is 1.75. The number of aliphatic carboxylic acids is 1. The Morgan fingerprint density at radius 3 is 2.27 bits per heavy atom. The van der Waals surface area contributed by atoms with E-state index < -0.39 is 35.6 Å². The Kier molecular flexibility index (Phi) is 6.42. The molecule has 0 aliphatic heterocycles. The molecule has 1 rings (SSSR count). The van der Waals surface area contributed by atoms with E-state index in [4.69, 9.17) is 5.11 Å². The van der Waals surface area contributed by atoms with Gasteiger partial charge in [-0.2, -0.15) is 0 Å². The molecule has 0 bridgehead atoms. The number of hydrogen-bond donors (Lipinski definition) is 4. The Balaban J connectivity index is 2.70. The summed E-state index contributed by atoms with van der Waals surface area (Å²) >= 11 is 0. The van der Waals surface area contributed by atoms with Gasteiger partial charge in [0.05, 0.1) is 24.0 Å². The third-order valence-electron chi connectivity index (χ3n) is 2.94. The Bertz CT molecular complexity index is 544. The van der Waals surface area contributed by atoms with Gasteiger partial charge >= 0.3 is 5.97 Å². The predicted octanol–water partition coefficient (Wildman–Crippen LogP) is -0.0299. The zero-order chi connectivity index (χ0) is 16.7. The van der Waals surface area contributed by atoms with E-state index in [1.807, 2.05) is 0 Å². The molecule has 0 radical (unpaired) electrons. The first-order valence-corrected chi connectivity index (χ1v) is 6.39. The van der Waals surface area contributed by atoms with Crippen molar-refractivity contribution in [2.75, 3.05) is 6.61 Å². The first-order chi connectivity index (χ1) is 10.3. The van der Waals surface area contributed by atoms with Gasteiger partial charge in [0, 0.05) is 18.6 Å². The van der Waals surface area contributed by atoms with Gasteiger partial charge in [-0.25, -0.2) is 0 Å². The van der Waals surface area contributed by atoms with Crippen LogP contribution >= 0.6 is 0 Å². The van der Waals surface area contributed by atoms with Crippen LogP contribution in [0.1, 0.15) is 24.5 Å². The lowest BCUT2D eigenvalue weighted by molar-refractivity contribution is -0.384. The summed E-state index contributed by atoms with van der Waals surface area (Å²) < 4.78 is 0.